The summed E-state index contributed by atoms with van der Waals surface area (Å²) in [4.78, 5) is 21.6. The topological polar surface area (TPSA) is 42.4 Å². The molecule has 1 aliphatic rings. The molecule has 1 aliphatic heterocycles. The third-order valence-electron chi connectivity index (χ3n) is 6.04. The lowest BCUT2D eigenvalue weighted by atomic mass is 9.94. The Balaban J connectivity index is 1.72. The Labute approximate surface area is 198 Å². The summed E-state index contributed by atoms with van der Waals surface area (Å²) in [6.07, 6.45) is 0.0959. The lowest BCUT2D eigenvalue weighted by molar-refractivity contribution is -0.126. The third kappa shape index (κ3) is 3.93. The van der Waals surface area contributed by atoms with Crippen LogP contribution in [0.3, 0.4) is 0 Å². The minimum Gasteiger partial charge on any atom is -0.478 e. The fourth-order valence-corrected chi connectivity index (χ4v) is 5.35. The summed E-state index contributed by atoms with van der Waals surface area (Å²) in [6.45, 7) is 6.09. The Morgan fingerprint density at radius 1 is 0.970 bits per heavy atom. The van der Waals surface area contributed by atoms with Crippen LogP contribution in [-0.4, -0.2) is 17.0 Å². The van der Waals surface area contributed by atoms with Gasteiger partial charge in [0.05, 0.1) is 22.4 Å². The molecule has 5 heteroatoms. The van der Waals surface area contributed by atoms with Crippen LogP contribution in [0.15, 0.2) is 78.9 Å². The summed E-state index contributed by atoms with van der Waals surface area (Å²) in [5.41, 5.74) is 4.86. The lowest BCUT2D eigenvalue weighted by Gasteiger charge is -2.39. The van der Waals surface area contributed by atoms with Gasteiger partial charge in [0, 0.05) is 10.4 Å². The van der Waals surface area contributed by atoms with Crippen LogP contribution in [0.2, 0.25) is 0 Å². The number of amides is 1. The molecule has 3 aromatic carbocycles. The molecule has 1 unspecified atom stereocenters. The predicted octanol–water partition coefficient (Wildman–Crippen LogP) is 6.72. The average Bonchev–Trinajstić information content (AvgIpc) is 3.19. The second kappa shape index (κ2) is 8.83. The maximum Gasteiger partial charge on any atom is 0.269 e. The van der Waals surface area contributed by atoms with E-state index in [4.69, 9.17) is 9.72 Å². The average molecular weight is 455 g/mol. The lowest BCUT2D eigenvalue weighted by Crippen LogP contribution is -2.47. The number of hydrogen-bond acceptors (Lipinski definition) is 4. The van der Waals surface area contributed by atoms with Gasteiger partial charge in [-0.1, -0.05) is 67.6 Å². The number of aryl methyl sites for hydroxylation is 2. The van der Waals surface area contributed by atoms with Gasteiger partial charge in [0.2, 0.25) is 0 Å². The highest BCUT2D eigenvalue weighted by atomic mass is 32.1. The molecule has 2 heterocycles. The second-order valence-electron chi connectivity index (χ2n) is 8.27. The number of carbonyl (C=O) groups is 1. The first-order valence-corrected chi connectivity index (χ1v) is 12.1. The van der Waals surface area contributed by atoms with Crippen LogP contribution in [0.1, 0.15) is 40.4 Å². The number of anilines is 1. The third-order valence-corrected chi connectivity index (χ3v) is 6.92. The van der Waals surface area contributed by atoms with Crippen molar-refractivity contribution in [2.75, 3.05) is 4.90 Å². The first-order valence-electron chi connectivity index (χ1n) is 11.2. The number of carbonyl (C=O) groups excluding carboxylic acids is 1. The zero-order chi connectivity index (χ0) is 22.9. The molecule has 0 spiro atoms. The largest absolute Gasteiger partial charge is 0.478 e. The summed E-state index contributed by atoms with van der Waals surface area (Å²) in [5.74, 6) is 0.706. The Morgan fingerprint density at radius 3 is 2.15 bits per heavy atom. The van der Waals surface area contributed by atoms with Crippen molar-refractivity contribution in [3.8, 4) is 17.0 Å². The smallest absolute Gasteiger partial charge is 0.269 e. The van der Waals surface area contributed by atoms with Crippen LogP contribution in [0.5, 0.6) is 5.75 Å². The molecule has 1 aromatic heterocycles. The van der Waals surface area contributed by atoms with Crippen LogP contribution in [0.25, 0.3) is 11.3 Å². The van der Waals surface area contributed by atoms with E-state index in [-0.39, 0.29) is 11.9 Å². The van der Waals surface area contributed by atoms with Crippen molar-refractivity contribution in [2.45, 2.75) is 39.3 Å². The maximum absolute atomic E-state index is 13.8. The fourth-order valence-electron chi connectivity index (χ4n) is 4.51. The second-order valence-corrected chi connectivity index (χ2v) is 9.67. The Bertz CT molecular complexity index is 1240. The Morgan fingerprint density at radius 2 is 1.61 bits per heavy atom. The molecule has 33 heavy (non-hydrogen) atoms. The molecule has 0 N–H and O–H groups in total. The summed E-state index contributed by atoms with van der Waals surface area (Å²) in [5, 5.41) is 1.03. The van der Waals surface area contributed by atoms with Crippen molar-refractivity contribution in [1.82, 2.24) is 4.98 Å². The fraction of sp³-hybridized carbons (Fsp3) is 0.214. The van der Waals surface area contributed by atoms with Crippen LogP contribution < -0.4 is 9.64 Å². The highest BCUT2D eigenvalue weighted by Crippen LogP contribution is 2.44. The quantitative estimate of drug-likeness (QED) is 0.336. The van der Waals surface area contributed by atoms with Gasteiger partial charge >= 0.3 is 0 Å². The molecular weight excluding hydrogens is 428 g/mol. The molecule has 0 aliphatic carbocycles. The number of nitrogens with zero attached hydrogens (tertiary/aromatic N) is 2. The van der Waals surface area contributed by atoms with Gasteiger partial charge < -0.3 is 4.74 Å². The van der Waals surface area contributed by atoms with E-state index in [0.717, 1.165) is 43.7 Å². The van der Waals surface area contributed by atoms with Gasteiger partial charge in [-0.25, -0.2) is 4.98 Å². The zero-order valence-electron chi connectivity index (χ0n) is 19.0. The zero-order valence-corrected chi connectivity index (χ0v) is 19.8. The van der Waals surface area contributed by atoms with Gasteiger partial charge in [0.15, 0.2) is 6.10 Å². The van der Waals surface area contributed by atoms with Gasteiger partial charge in [-0.05, 0) is 49.6 Å². The number of benzene rings is 3. The standard InChI is InChI=1S/C28H26N2O2S/c1-4-24-28(31)30(27(20-11-7-5-8-12-20)21-13-9-6-10-14-21)23-17-22(15-16-25(23)32-24)26-18(2)33-19(3)29-26/h5-17,24,27H,4H2,1-3H3. The van der Waals surface area contributed by atoms with Gasteiger partial charge in [-0.15, -0.1) is 11.3 Å². The molecule has 0 radical (unpaired) electrons. The van der Waals surface area contributed by atoms with E-state index in [0.29, 0.717) is 6.42 Å². The molecular formula is C28H26N2O2S. The normalized spacial score (nSPS) is 15.5. The van der Waals surface area contributed by atoms with Crippen LogP contribution >= 0.6 is 11.3 Å². The minimum atomic E-state index is -0.512. The van der Waals surface area contributed by atoms with Gasteiger partial charge in [0.25, 0.3) is 5.91 Å². The molecule has 0 saturated carbocycles. The molecule has 1 atom stereocenters. The highest BCUT2D eigenvalue weighted by molar-refractivity contribution is 7.11. The molecule has 1 amide bonds. The van der Waals surface area contributed by atoms with E-state index in [2.05, 4.69) is 37.3 Å². The molecule has 166 valence electrons. The molecule has 0 fully saturated rings. The number of fused-ring (bicyclic) bond motifs is 1. The highest BCUT2D eigenvalue weighted by Gasteiger charge is 2.39. The maximum atomic E-state index is 13.8. The van der Waals surface area contributed by atoms with Crippen molar-refractivity contribution >= 4 is 22.9 Å². The number of aromatic nitrogens is 1. The summed E-state index contributed by atoms with van der Waals surface area (Å²) >= 11 is 1.68. The molecule has 5 rings (SSSR count). The van der Waals surface area contributed by atoms with Crippen molar-refractivity contribution in [1.29, 1.82) is 0 Å². The molecule has 0 bridgehead atoms. The summed E-state index contributed by atoms with van der Waals surface area (Å²) < 4.78 is 6.16. The van der Waals surface area contributed by atoms with E-state index < -0.39 is 6.10 Å². The Kier molecular flexibility index (Phi) is 5.73. The Hall–Kier alpha value is -3.44. The number of thiazole rings is 1. The predicted molar refractivity (Wildman–Crippen MR) is 134 cm³/mol. The van der Waals surface area contributed by atoms with E-state index in [1.54, 1.807) is 11.3 Å². The van der Waals surface area contributed by atoms with Crippen molar-refractivity contribution in [3.63, 3.8) is 0 Å². The van der Waals surface area contributed by atoms with E-state index in [9.17, 15) is 4.79 Å². The van der Waals surface area contributed by atoms with Gasteiger partial charge in [-0.3, -0.25) is 9.69 Å². The summed E-state index contributed by atoms with van der Waals surface area (Å²) in [6, 6.07) is 26.2. The van der Waals surface area contributed by atoms with Crippen LogP contribution in [-0.2, 0) is 4.79 Å². The van der Waals surface area contributed by atoms with Crippen molar-refractivity contribution < 1.29 is 9.53 Å². The van der Waals surface area contributed by atoms with E-state index >= 15 is 0 Å². The van der Waals surface area contributed by atoms with Crippen LogP contribution in [0, 0.1) is 13.8 Å². The number of ether oxygens (including phenoxy) is 1. The first kappa shape index (κ1) is 21.4. The minimum absolute atomic E-state index is 0.0222. The molecule has 4 aromatic rings. The van der Waals surface area contributed by atoms with Crippen molar-refractivity contribution in [2.24, 2.45) is 0 Å². The molecule has 4 nitrogen and oxygen atoms in total. The first-order chi connectivity index (χ1) is 16.1. The summed E-state index contributed by atoms with van der Waals surface area (Å²) in [7, 11) is 0. The van der Waals surface area contributed by atoms with Gasteiger partial charge in [-0.2, -0.15) is 0 Å². The molecule has 0 saturated heterocycles. The van der Waals surface area contributed by atoms with E-state index in [1.165, 1.54) is 0 Å². The number of hydrogen-bond donors (Lipinski definition) is 0. The number of rotatable bonds is 5. The SMILES string of the molecule is CCC1Oc2ccc(-c3nc(C)sc3C)cc2N(C(c2ccccc2)c2ccccc2)C1=O. The van der Waals surface area contributed by atoms with Crippen molar-refractivity contribution in [3.05, 3.63) is 99.9 Å². The monoisotopic (exact) mass is 454 g/mol. The van der Waals surface area contributed by atoms with Crippen LogP contribution in [0.4, 0.5) is 5.69 Å². The van der Waals surface area contributed by atoms with Gasteiger partial charge in [0.1, 0.15) is 5.75 Å². The van der Waals surface area contributed by atoms with E-state index in [1.807, 2.05) is 67.3 Å².